The van der Waals surface area contributed by atoms with Crippen molar-refractivity contribution in [3.8, 4) is 0 Å². The lowest BCUT2D eigenvalue weighted by Crippen LogP contribution is -2.56. The Kier molecular flexibility index (Phi) is 5.60. The molecule has 2 unspecified atom stereocenters. The van der Waals surface area contributed by atoms with Crippen LogP contribution in [0.5, 0.6) is 0 Å². The van der Waals surface area contributed by atoms with E-state index < -0.39 is 5.54 Å². The number of carbonyl (C=O) groups excluding carboxylic acids is 2. The Bertz CT molecular complexity index is 365. The van der Waals surface area contributed by atoms with E-state index in [-0.39, 0.29) is 23.2 Å². The molecule has 2 atom stereocenters. The smallest absolute Gasteiger partial charge is 0.331 e. The van der Waals surface area contributed by atoms with E-state index in [1.807, 2.05) is 6.92 Å². The molecular formula is C16H29NO3. The molecule has 1 aliphatic rings. The second-order valence-electron chi connectivity index (χ2n) is 6.85. The van der Waals surface area contributed by atoms with Gasteiger partial charge < -0.3 is 10.1 Å². The van der Waals surface area contributed by atoms with E-state index in [0.717, 1.165) is 25.7 Å². The van der Waals surface area contributed by atoms with Crippen molar-refractivity contribution in [3.63, 3.8) is 0 Å². The van der Waals surface area contributed by atoms with Crippen molar-refractivity contribution in [1.82, 2.24) is 5.32 Å². The number of amides is 1. The number of ether oxygens (including phenoxy) is 1. The zero-order chi connectivity index (χ0) is 15.4. The monoisotopic (exact) mass is 283 g/mol. The van der Waals surface area contributed by atoms with E-state index >= 15 is 0 Å². The minimum Gasteiger partial charge on any atom is -0.467 e. The van der Waals surface area contributed by atoms with Crippen molar-refractivity contribution >= 4 is 11.9 Å². The molecule has 0 bridgehead atoms. The molecule has 116 valence electrons. The zero-order valence-corrected chi connectivity index (χ0v) is 13.5. The second kappa shape index (κ2) is 6.59. The molecule has 1 amide bonds. The zero-order valence-electron chi connectivity index (χ0n) is 13.5. The second-order valence-corrected chi connectivity index (χ2v) is 6.85. The van der Waals surface area contributed by atoms with Crippen LogP contribution >= 0.6 is 0 Å². The van der Waals surface area contributed by atoms with Crippen LogP contribution in [0, 0.1) is 11.3 Å². The highest BCUT2D eigenvalue weighted by atomic mass is 16.5. The molecule has 4 nitrogen and oxygen atoms in total. The summed E-state index contributed by atoms with van der Waals surface area (Å²) in [6.45, 7) is 8.05. The Morgan fingerprint density at radius 3 is 2.50 bits per heavy atom. The summed E-state index contributed by atoms with van der Waals surface area (Å²) in [5.74, 6) is -0.380. The van der Waals surface area contributed by atoms with Gasteiger partial charge in [-0.1, -0.05) is 40.0 Å². The Balaban J connectivity index is 2.82. The normalized spacial score (nSPS) is 24.6. The van der Waals surface area contributed by atoms with E-state index in [4.69, 9.17) is 4.74 Å². The third kappa shape index (κ3) is 3.74. The Hall–Kier alpha value is -1.06. The third-order valence-electron chi connectivity index (χ3n) is 4.61. The Morgan fingerprint density at radius 1 is 1.35 bits per heavy atom. The van der Waals surface area contributed by atoms with Crippen molar-refractivity contribution in [1.29, 1.82) is 0 Å². The van der Waals surface area contributed by atoms with E-state index in [0.29, 0.717) is 6.42 Å². The maximum atomic E-state index is 12.6. The lowest BCUT2D eigenvalue weighted by Gasteiger charge is -2.39. The highest BCUT2D eigenvalue weighted by Gasteiger charge is 2.42. The van der Waals surface area contributed by atoms with Crippen molar-refractivity contribution in [2.75, 3.05) is 7.11 Å². The average molecular weight is 283 g/mol. The van der Waals surface area contributed by atoms with Gasteiger partial charge in [-0.05, 0) is 31.6 Å². The van der Waals surface area contributed by atoms with Crippen LogP contribution in [0.2, 0.25) is 0 Å². The highest BCUT2D eigenvalue weighted by molar-refractivity contribution is 5.89. The minimum absolute atomic E-state index is 0.00366. The molecule has 4 heteroatoms. The number of methoxy groups -OCH3 is 1. The van der Waals surface area contributed by atoms with Crippen LogP contribution in [0.3, 0.4) is 0 Å². The number of esters is 1. The molecule has 0 radical (unpaired) electrons. The first kappa shape index (κ1) is 17.0. The first-order chi connectivity index (χ1) is 9.27. The van der Waals surface area contributed by atoms with Gasteiger partial charge in [0.25, 0.3) is 0 Å². The molecule has 0 aliphatic heterocycles. The topological polar surface area (TPSA) is 55.4 Å². The van der Waals surface area contributed by atoms with Crippen molar-refractivity contribution in [2.24, 2.45) is 11.3 Å². The molecule has 1 fully saturated rings. The van der Waals surface area contributed by atoms with Crippen molar-refractivity contribution < 1.29 is 14.3 Å². The molecule has 1 rings (SSSR count). The Labute approximate surface area is 122 Å². The summed E-state index contributed by atoms with van der Waals surface area (Å²) in [4.78, 5) is 24.6. The number of hydrogen-bond donors (Lipinski definition) is 1. The van der Waals surface area contributed by atoms with Crippen LogP contribution in [0.4, 0.5) is 0 Å². The highest BCUT2D eigenvalue weighted by Crippen LogP contribution is 2.40. The number of hydrogen-bond acceptors (Lipinski definition) is 3. The number of nitrogens with one attached hydrogen (secondary N) is 1. The molecule has 0 saturated heterocycles. The lowest BCUT2D eigenvalue weighted by molar-refractivity contribution is -0.152. The van der Waals surface area contributed by atoms with Gasteiger partial charge >= 0.3 is 5.97 Å². The van der Waals surface area contributed by atoms with Gasteiger partial charge in [-0.3, -0.25) is 4.79 Å². The van der Waals surface area contributed by atoms with Crippen LogP contribution in [0.15, 0.2) is 0 Å². The third-order valence-corrected chi connectivity index (χ3v) is 4.61. The van der Waals surface area contributed by atoms with Gasteiger partial charge in [0, 0.05) is 5.92 Å². The van der Waals surface area contributed by atoms with Gasteiger partial charge in [-0.25, -0.2) is 4.79 Å². The molecular weight excluding hydrogens is 254 g/mol. The van der Waals surface area contributed by atoms with Gasteiger partial charge in [0.1, 0.15) is 5.54 Å². The molecule has 1 saturated carbocycles. The van der Waals surface area contributed by atoms with Crippen LogP contribution in [0.25, 0.3) is 0 Å². The van der Waals surface area contributed by atoms with Gasteiger partial charge in [0.15, 0.2) is 0 Å². The summed E-state index contributed by atoms with van der Waals surface area (Å²) in [6.07, 6.45) is 5.65. The maximum Gasteiger partial charge on any atom is 0.331 e. The van der Waals surface area contributed by atoms with Gasteiger partial charge in [-0.2, -0.15) is 0 Å². The van der Waals surface area contributed by atoms with Gasteiger partial charge in [0.05, 0.1) is 7.11 Å². The summed E-state index contributed by atoms with van der Waals surface area (Å²) < 4.78 is 4.85. The summed E-state index contributed by atoms with van der Waals surface area (Å²) in [5.41, 5.74) is -0.903. The lowest BCUT2D eigenvalue weighted by atomic mass is 9.68. The summed E-state index contributed by atoms with van der Waals surface area (Å²) in [5, 5.41) is 2.96. The predicted octanol–water partition coefficient (Wildman–Crippen LogP) is 3.05. The summed E-state index contributed by atoms with van der Waals surface area (Å²) >= 11 is 0. The predicted molar refractivity (Wildman–Crippen MR) is 79.2 cm³/mol. The summed E-state index contributed by atoms with van der Waals surface area (Å²) in [7, 11) is 1.37. The van der Waals surface area contributed by atoms with Crippen molar-refractivity contribution in [3.05, 3.63) is 0 Å². The van der Waals surface area contributed by atoms with Crippen LogP contribution in [0.1, 0.15) is 66.2 Å². The number of carbonyl (C=O) groups is 2. The molecule has 0 heterocycles. The number of rotatable bonds is 5. The summed E-state index contributed by atoms with van der Waals surface area (Å²) in [6, 6.07) is 0. The van der Waals surface area contributed by atoms with E-state index in [1.54, 1.807) is 6.92 Å². The largest absolute Gasteiger partial charge is 0.467 e. The molecule has 0 aromatic carbocycles. The first-order valence-corrected chi connectivity index (χ1v) is 7.67. The molecule has 1 N–H and O–H groups in total. The SMILES string of the molecule is CCCC(C)(NC(=O)C1CCCCC1(C)C)C(=O)OC. The van der Waals surface area contributed by atoms with Crippen LogP contribution in [-0.4, -0.2) is 24.5 Å². The van der Waals surface area contributed by atoms with E-state index in [9.17, 15) is 9.59 Å². The fourth-order valence-corrected chi connectivity index (χ4v) is 3.28. The average Bonchev–Trinajstić information content (AvgIpc) is 2.37. The fraction of sp³-hybridized carbons (Fsp3) is 0.875. The Morgan fingerprint density at radius 2 is 2.00 bits per heavy atom. The van der Waals surface area contributed by atoms with Gasteiger partial charge in [0.2, 0.25) is 5.91 Å². The molecule has 0 spiro atoms. The van der Waals surface area contributed by atoms with Gasteiger partial charge in [-0.15, -0.1) is 0 Å². The van der Waals surface area contributed by atoms with E-state index in [2.05, 4.69) is 19.2 Å². The fourth-order valence-electron chi connectivity index (χ4n) is 3.28. The molecule has 0 aromatic heterocycles. The van der Waals surface area contributed by atoms with Crippen LogP contribution in [-0.2, 0) is 14.3 Å². The maximum absolute atomic E-state index is 12.6. The standard InChI is InChI=1S/C16H29NO3/c1-6-10-16(4,14(19)20-5)17-13(18)12-9-7-8-11-15(12,2)3/h12H,6-11H2,1-5H3,(H,17,18). The van der Waals surface area contributed by atoms with E-state index in [1.165, 1.54) is 13.5 Å². The molecule has 20 heavy (non-hydrogen) atoms. The molecule has 0 aromatic rings. The minimum atomic E-state index is -0.909. The van der Waals surface area contributed by atoms with Crippen LogP contribution < -0.4 is 5.32 Å². The van der Waals surface area contributed by atoms with Crippen molar-refractivity contribution in [2.45, 2.75) is 71.8 Å². The quantitative estimate of drug-likeness (QED) is 0.789. The molecule has 1 aliphatic carbocycles. The first-order valence-electron chi connectivity index (χ1n) is 7.67.